The van der Waals surface area contributed by atoms with Crippen molar-refractivity contribution in [3.05, 3.63) is 24.3 Å². The third kappa shape index (κ3) is 4.22. The summed E-state index contributed by atoms with van der Waals surface area (Å²) in [6.07, 6.45) is 0. The number of anilines is 1. The molecule has 17 heavy (non-hydrogen) atoms. The second kappa shape index (κ2) is 6.28. The van der Waals surface area contributed by atoms with Gasteiger partial charge >= 0.3 is 0 Å². The van der Waals surface area contributed by atoms with Gasteiger partial charge in [0.05, 0.1) is 0 Å². The second-order valence-electron chi connectivity index (χ2n) is 4.57. The fourth-order valence-electron chi connectivity index (χ4n) is 1.97. The molecule has 0 radical (unpaired) electrons. The zero-order valence-corrected chi connectivity index (χ0v) is 11.2. The predicted molar refractivity (Wildman–Crippen MR) is 75.5 cm³/mol. The molecular formula is C13H21N3S. The molecule has 94 valence electrons. The Bertz CT molecular complexity index is 348. The second-order valence-corrected chi connectivity index (χ2v) is 5.73. The van der Waals surface area contributed by atoms with E-state index in [1.807, 2.05) is 23.9 Å². The van der Waals surface area contributed by atoms with Crippen LogP contribution in [0.25, 0.3) is 0 Å². The molecule has 4 heteroatoms. The van der Waals surface area contributed by atoms with E-state index in [1.54, 1.807) is 0 Å². The van der Waals surface area contributed by atoms with Crippen LogP contribution in [-0.2, 0) is 0 Å². The number of benzene rings is 1. The van der Waals surface area contributed by atoms with Crippen molar-refractivity contribution in [3.8, 4) is 0 Å². The Morgan fingerprint density at radius 1 is 1.24 bits per heavy atom. The van der Waals surface area contributed by atoms with Crippen molar-refractivity contribution < 1.29 is 0 Å². The van der Waals surface area contributed by atoms with E-state index >= 15 is 0 Å². The normalized spacial score (nSPS) is 18.4. The first kappa shape index (κ1) is 12.7. The molecule has 2 N–H and O–H groups in total. The van der Waals surface area contributed by atoms with Gasteiger partial charge in [0, 0.05) is 49.1 Å². The quantitative estimate of drug-likeness (QED) is 0.651. The number of nitrogen functional groups attached to an aromatic ring is 1. The van der Waals surface area contributed by atoms with Crippen molar-refractivity contribution in [3.63, 3.8) is 0 Å². The highest BCUT2D eigenvalue weighted by Gasteiger charge is 2.12. The van der Waals surface area contributed by atoms with Gasteiger partial charge in [0.25, 0.3) is 0 Å². The fraction of sp³-hybridized carbons (Fsp3) is 0.538. The molecule has 0 aromatic heterocycles. The molecule has 1 saturated heterocycles. The molecule has 1 aliphatic rings. The van der Waals surface area contributed by atoms with E-state index in [4.69, 9.17) is 5.73 Å². The van der Waals surface area contributed by atoms with E-state index in [2.05, 4.69) is 29.0 Å². The van der Waals surface area contributed by atoms with Crippen LogP contribution in [0.3, 0.4) is 0 Å². The van der Waals surface area contributed by atoms with Gasteiger partial charge < -0.3 is 10.6 Å². The first-order chi connectivity index (χ1) is 8.24. The molecule has 2 rings (SSSR count). The average molecular weight is 251 g/mol. The van der Waals surface area contributed by atoms with Crippen LogP contribution in [0.4, 0.5) is 5.69 Å². The molecule has 3 nitrogen and oxygen atoms in total. The van der Waals surface area contributed by atoms with Gasteiger partial charge in [0.15, 0.2) is 0 Å². The summed E-state index contributed by atoms with van der Waals surface area (Å²) in [5, 5.41) is 0. The summed E-state index contributed by atoms with van der Waals surface area (Å²) in [5.41, 5.74) is 6.62. The summed E-state index contributed by atoms with van der Waals surface area (Å²) in [4.78, 5) is 6.21. The van der Waals surface area contributed by atoms with Crippen molar-refractivity contribution >= 4 is 17.4 Å². The number of nitrogens with two attached hydrogens (primary N) is 1. The van der Waals surface area contributed by atoms with Crippen LogP contribution in [0, 0.1) is 0 Å². The van der Waals surface area contributed by atoms with E-state index in [9.17, 15) is 0 Å². The van der Waals surface area contributed by atoms with Gasteiger partial charge in [0.1, 0.15) is 0 Å². The van der Waals surface area contributed by atoms with Crippen LogP contribution in [0.5, 0.6) is 0 Å². The van der Waals surface area contributed by atoms with Crippen molar-refractivity contribution in [2.24, 2.45) is 0 Å². The molecule has 1 aromatic rings. The summed E-state index contributed by atoms with van der Waals surface area (Å²) in [7, 11) is 2.19. The van der Waals surface area contributed by atoms with Gasteiger partial charge in [0.2, 0.25) is 0 Å². The summed E-state index contributed by atoms with van der Waals surface area (Å²) < 4.78 is 0. The van der Waals surface area contributed by atoms with E-state index in [0.717, 1.165) is 11.4 Å². The Labute approximate surface area is 108 Å². The third-order valence-corrected chi connectivity index (χ3v) is 4.10. The SMILES string of the molecule is CN1CCN(CCSc2cccc(N)c2)CC1. The van der Waals surface area contributed by atoms with Crippen molar-refractivity contribution in [1.29, 1.82) is 0 Å². The van der Waals surface area contributed by atoms with Gasteiger partial charge in [-0.15, -0.1) is 11.8 Å². The number of hydrogen-bond acceptors (Lipinski definition) is 4. The number of hydrogen-bond donors (Lipinski definition) is 1. The summed E-state index contributed by atoms with van der Waals surface area (Å²) in [6.45, 7) is 5.97. The molecule has 1 heterocycles. The van der Waals surface area contributed by atoms with Crippen LogP contribution in [0.2, 0.25) is 0 Å². The highest BCUT2D eigenvalue weighted by Crippen LogP contribution is 2.20. The van der Waals surface area contributed by atoms with Crippen molar-refractivity contribution in [2.45, 2.75) is 4.90 Å². The Morgan fingerprint density at radius 2 is 2.00 bits per heavy atom. The molecule has 0 atom stereocenters. The summed E-state index contributed by atoms with van der Waals surface area (Å²) in [6, 6.07) is 8.14. The Balaban J connectivity index is 1.69. The molecule has 0 saturated carbocycles. The number of likely N-dealkylation sites (N-methyl/N-ethyl adjacent to an activating group) is 1. The Morgan fingerprint density at radius 3 is 2.71 bits per heavy atom. The van der Waals surface area contributed by atoms with Crippen LogP contribution in [0.1, 0.15) is 0 Å². The largest absolute Gasteiger partial charge is 0.399 e. The van der Waals surface area contributed by atoms with Crippen molar-refractivity contribution in [2.75, 3.05) is 51.3 Å². The number of nitrogens with zero attached hydrogens (tertiary/aromatic N) is 2. The molecule has 1 aliphatic heterocycles. The maximum absolute atomic E-state index is 5.76. The van der Waals surface area contributed by atoms with Crippen molar-refractivity contribution in [1.82, 2.24) is 9.80 Å². The molecule has 0 aliphatic carbocycles. The maximum Gasteiger partial charge on any atom is 0.0325 e. The monoisotopic (exact) mass is 251 g/mol. The lowest BCUT2D eigenvalue weighted by molar-refractivity contribution is 0.161. The van der Waals surface area contributed by atoms with Crippen LogP contribution >= 0.6 is 11.8 Å². The minimum Gasteiger partial charge on any atom is -0.399 e. The summed E-state index contributed by atoms with van der Waals surface area (Å²) >= 11 is 1.89. The van der Waals surface area contributed by atoms with E-state index < -0.39 is 0 Å². The minimum atomic E-state index is 0.856. The maximum atomic E-state index is 5.76. The van der Waals surface area contributed by atoms with Crippen LogP contribution < -0.4 is 5.73 Å². The molecular weight excluding hydrogens is 230 g/mol. The Kier molecular flexibility index (Phi) is 4.71. The third-order valence-electron chi connectivity index (χ3n) is 3.13. The molecule has 0 bridgehead atoms. The summed E-state index contributed by atoms with van der Waals surface area (Å²) in [5.74, 6) is 1.15. The lowest BCUT2D eigenvalue weighted by Crippen LogP contribution is -2.45. The first-order valence-electron chi connectivity index (χ1n) is 6.13. The molecule has 0 amide bonds. The lowest BCUT2D eigenvalue weighted by Gasteiger charge is -2.32. The highest BCUT2D eigenvalue weighted by atomic mass is 32.2. The zero-order chi connectivity index (χ0) is 12.1. The molecule has 1 aromatic carbocycles. The minimum absolute atomic E-state index is 0.856. The average Bonchev–Trinajstić information content (AvgIpc) is 2.32. The smallest absolute Gasteiger partial charge is 0.0325 e. The van der Waals surface area contributed by atoms with Gasteiger partial charge in [-0.05, 0) is 25.2 Å². The number of thioether (sulfide) groups is 1. The van der Waals surface area contributed by atoms with Crippen LogP contribution in [0.15, 0.2) is 29.2 Å². The van der Waals surface area contributed by atoms with Gasteiger partial charge in [-0.25, -0.2) is 0 Å². The highest BCUT2D eigenvalue weighted by molar-refractivity contribution is 7.99. The lowest BCUT2D eigenvalue weighted by atomic mass is 10.3. The molecule has 1 fully saturated rings. The van der Waals surface area contributed by atoms with Gasteiger partial charge in [-0.2, -0.15) is 0 Å². The first-order valence-corrected chi connectivity index (χ1v) is 7.12. The fourth-order valence-corrected chi connectivity index (χ4v) is 2.95. The van der Waals surface area contributed by atoms with E-state index in [-0.39, 0.29) is 0 Å². The zero-order valence-electron chi connectivity index (χ0n) is 10.4. The number of rotatable bonds is 4. The topological polar surface area (TPSA) is 32.5 Å². The van der Waals surface area contributed by atoms with E-state index in [1.165, 1.54) is 37.6 Å². The van der Waals surface area contributed by atoms with Crippen LogP contribution in [-0.4, -0.2) is 55.3 Å². The van der Waals surface area contributed by atoms with Gasteiger partial charge in [-0.3, -0.25) is 4.90 Å². The predicted octanol–water partition coefficient (Wildman–Crippen LogP) is 1.61. The molecule has 0 spiro atoms. The van der Waals surface area contributed by atoms with Gasteiger partial charge in [-0.1, -0.05) is 6.07 Å². The van der Waals surface area contributed by atoms with E-state index in [0.29, 0.717) is 0 Å². The number of piperazine rings is 1. The standard InChI is InChI=1S/C13H21N3S/c1-15-5-7-16(8-6-15)9-10-17-13-4-2-3-12(14)11-13/h2-4,11H,5-10,14H2,1H3. The molecule has 0 unspecified atom stereocenters. The Hall–Kier alpha value is -0.710.